The molecular formula is C16H14ClNO2. The Labute approximate surface area is 122 Å². The first-order chi connectivity index (χ1) is 9.61. The van der Waals surface area contributed by atoms with Gasteiger partial charge in [0.1, 0.15) is 11.3 Å². The van der Waals surface area contributed by atoms with Gasteiger partial charge in [0.2, 0.25) is 5.24 Å². The van der Waals surface area contributed by atoms with Crippen LogP contribution in [0.3, 0.4) is 0 Å². The molecule has 0 fully saturated rings. The Balaban J connectivity index is 2.02. The van der Waals surface area contributed by atoms with Crippen molar-refractivity contribution in [2.75, 3.05) is 0 Å². The highest BCUT2D eigenvalue weighted by Crippen LogP contribution is 2.41. The minimum atomic E-state index is -1.22. The van der Waals surface area contributed by atoms with Crippen LogP contribution in [-0.2, 0) is 11.2 Å². The molecule has 0 bridgehead atoms. The first kappa shape index (κ1) is 13.2. The second-order valence-electron chi connectivity index (χ2n) is 5.00. The quantitative estimate of drug-likeness (QED) is 0.883. The van der Waals surface area contributed by atoms with Crippen molar-refractivity contribution >= 4 is 16.8 Å². The van der Waals surface area contributed by atoms with Gasteiger partial charge in [-0.25, -0.2) is 0 Å². The second kappa shape index (κ2) is 4.93. The Bertz CT molecular complexity index is 644. The largest absolute Gasteiger partial charge is 0.483 e. The summed E-state index contributed by atoms with van der Waals surface area (Å²) in [4.78, 5) is 11.8. The standard InChI is InChI=1S/C16H14ClNO2/c17-15(19)16(18)10-11-6-4-5-9-13(11)14(16)20-12-7-2-1-3-8-12/h1-9,14H,10,18H2. The molecule has 2 unspecified atom stereocenters. The summed E-state index contributed by atoms with van der Waals surface area (Å²) in [6.07, 6.45) is -0.172. The molecule has 2 aromatic rings. The number of hydrogen-bond donors (Lipinski definition) is 1. The predicted molar refractivity (Wildman–Crippen MR) is 77.7 cm³/mol. The van der Waals surface area contributed by atoms with Crippen molar-refractivity contribution in [1.29, 1.82) is 0 Å². The van der Waals surface area contributed by atoms with Crippen LogP contribution in [0.4, 0.5) is 0 Å². The van der Waals surface area contributed by atoms with E-state index in [-0.39, 0.29) is 0 Å². The van der Waals surface area contributed by atoms with Crippen LogP contribution in [0.1, 0.15) is 17.2 Å². The summed E-state index contributed by atoms with van der Waals surface area (Å²) in [6.45, 7) is 0. The van der Waals surface area contributed by atoms with Crippen molar-refractivity contribution in [2.24, 2.45) is 5.73 Å². The zero-order chi connectivity index (χ0) is 14.2. The molecule has 1 aliphatic rings. The van der Waals surface area contributed by atoms with Crippen LogP contribution >= 0.6 is 11.6 Å². The zero-order valence-electron chi connectivity index (χ0n) is 10.8. The summed E-state index contributed by atoms with van der Waals surface area (Å²) in [5, 5.41) is -0.574. The Morgan fingerprint density at radius 2 is 1.80 bits per heavy atom. The number of rotatable bonds is 3. The highest BCUT2D eigenvalue weighted by Gasteiger charge is 2.49. The summed E-state index contributed by atoms with van der Waals surface area (Å²) < 4.78 is 5.95. The molecule has 3 rings (SSSR count). The van der Waals surface area contributed by atoms with E-state index in [1.165, 1.54) is 0 Å². The van der Waals surface area contributed by atoms with Gasteiger partial charge in [0, 0.05) is 6.42 Å². The van der Waals surface area contributed by atoms with Crippen LogP contribution < -0.4 is 10.5 Å². The smallest absolute Gasteiger partial charge is 0.246 e. The molecule has 2 N–H and O–H groups in total. The van der Waals surface area contributed by atoms with Gasteiger partial charge in [0.25, 0.3) is 0 Å². The normalized spacial score (nSPS) is 24.2. The zero-order valence-corrected chi connectivity index (χ0v) is 11.5. The number of nitrogens with two attached hydrogens (primary N) is 1. The monoisotopic (exact) mass is 287 g/mol. The molecule has 0 saturated heterocycles. The maximum atomic E-state index is 11.8. The third-order valence-corrected chi connectivity index (χ3v) is 4.00. The van der Waals surface area contributed by atoms with E-state index in [9.17, 15) is 4.79 Å². The average Bonchev–Trinajstić information content (AvgIpc) is 2.74. The van der Waals surface area contributed by atoms with E-state index in [1.54, 1.807) is 0 Å². The lowest BCUT2D eigenvalue weighted by atomic mass is 9.96. The molecule has 4 heteroatoms. The van der Waals surface area contributed by atoms with Gasteiger partial charge in [0.05, 0.1) is 0 Å². The Morgan fingerprint density at radius 1 is 1.15 bits per heavy atom. The molecule has 1 aliphatic carbocycles. The van der Waals surface area contributed by atoms with Crippen LogP contribution in [0.15, 0.2) is 54.6 Å². The number of halogens is 1. The van der Waals surface area contributed by atoms with Gasteiger partial charge in [-0.15, -0.1) is 0 Å². The highest BCUT2D eigenvalue weighted by atomic mass is 35.5. The lowest BCUT2D eigenvalue weighted by Crippen LogP contribution is -2.51. The molecule has 0 heterocycles. The number of para-hydroxylation sites is 1. The lowest BCUT2D eigenvalue weighted by molar-refractivity contribution is -0.119. The Kier molecular flexibility index (Phi) is 3.24. The number of hydrogen-bond acceptors (Lipinski definition) is 3. The van der Waals surface area contributed by atoms with E-state index in [0.717, 1.165) is 11.1 Å². The van der Waals surface area contributed by atoms with Crippen LogP contribution in [0, 0.1) is 0 Å². The van der Waals surface area contributed by atoms with E-state index in [1.807, 2.05) is 54.6 Å². The third kappa shape index (κ3) is 2.09. The molecule has 0 aliphatic heterocycles. The summed E-state index contributed by atoms with van der Waals surface area (Å²) >= 11 is 5.73. The Morgan fingerprint density at radius 3 is 2.50 bits per heavy atom. The lowest BCUT2D eigenvalue weighted by Gasteiger charge is -2.28. The van der Waals surface area contributed by atoms with E-state index in [2.05, 4.69) is 0 Å². The maximum Gasteiger partial charge on any atom is 0.246 e. The van der Waals surface area contributed by atoms with Gasteiger partial charge in [-0.2, -0.15) is 0 Å². The number of benzene rings is 2. The predicted octanol–water partition coefficient (Wildman–Crippen LogP) is 2.83. The highest BCUT2D eigenvalue weighted by molar-refractivity contribution is 6.65. The van der Waals surface area contributed by atoms with Gasteiger partial charge >= 0.3 is 0 Å². The van der Waals surface area contributed by atoms with Crippen molar-refractivity contribution in [3.63, 3.8) is 0 Å². The van der Waals surface area contributed by atoms with Crippen molar-refractivity contribution in [2.45, 2.75) is 18.1 Å². The fourth-order valence-corrected chi connectivity index (χ4v) is 2.78. The molecule has 3 nitrogen and oxygen atoms in total. The molecule has 102 valence electrons. The van der Waals surface area contributed by atoms with Gasteiger partial charge in [0.15, 0.2) is 6.10 Å². The summed E-state index contributed by atoms with van der Waals surface area (Å²) in [5.74, 6) is 0.668. The molecule has 0 saturated carbocycles. The second-order valence-corrected chi connectivity index (χ2v) is 5.34. The number of carbonyl (C=O) groups excluding carboxylic acids is 1. The van der Waals surface area contributed by atoms with Crippen molar-refractivity contribution < 1.29 is 9.53 Å². The van der Waals surface area contributed by atoms with Crippen molar-refractivity contribution in [1.82, 2.24) is 0 Å². The van der Waals surface area contributed by atoms with Crippen molar-refractivity contribution in [3.05, 3.63) is 65.7 Å². The third-order valence-electron chi connectivity index (χ3n) is 3.65. The Hall–Kier alpha value is -1.84. The van der Waals surface area contributed by atoms with Gasteiger partial charge in [-0.3, -0.25) is 4.79 Å². The van der Waals surface area contributed by atoms with Gasteiger partial charge in [-0.05, 0) is 34.9 Å². The van der Waals surface area contributed by atoms with Crippen LogP contribution in [0.25, 0.3) is 0 Å². The fourth-order valence-electron chi connectivity index (χ4n) is 2.61. The van der Waals surface area contributed by atoms with E-state index in [4.69, 9.17) is 22.1 Å². The molecule has 0 aromatic heterocycles. The number of carbonyl (C=O) groups is 1. The first-order valence-electron chi connectivity index (χ1n) is 6.39. The maximum absolute atomic E-state index is 11.8. The van der Waals surface area contributed by atoms with Crippen LogP contribution in [-0.4, -0.2) is 10.8 Å². The summed E-state index contributed by atoms with van der Waals surface area (Å²) in [5.41, 5.74) is 6.95. The van der Waals surface area contributed by atoms with Crippen LogP contribution in [0.5, 0.6) is 5.75 Å². The summed E-state index contributed by atoms with van der Waals surface area (Å²) in [6, 6.07) is 17.0. The number of fused-ring (bicyclic) bond motifs is 1. The minimum Gasteiger partial charge on any atom is -0.483 e. The summed E-state index contributed by atoms with van der Waals surface area (Å²) in [7, 11) is 0. The fraction of sp³-hybridized carbons (Fsp3) is 0.188. The van der Waals surface area contributed by atoms with Crippen LogP contribution in [0.2, 0.25) is 0 Å². The number of ether oxygens (including phenoxy) is 1. The molecule has 0 radical (unpaired) electrons. The SMILES string of the molecule is NC1(C(=O)Cl)Cc2ccccc2C1Oc1ccccc1. The molecule has 0 amide bonds. The molecule has 20 heavy (non-hydrogen) atoms. The average molecular weight is 288 g/mol. The topological polar surface area (TPSA) is 52.3 Å². The van der Waals surface area contributed by atoms with E-state index < -0.39 is 16.9 Å². The first-order valence-corrected chi connectivity index (χ1v) is 6.77. The van der Waals surface area contributed by atoms with E-state index in [0.29, 0.717) is 12.2 Å². The molecular weight excluding hydrogens is 274 g/mol. The van der Waals surface area contributed by atoms with Gasteiger partial charge in [-0.1, -0.05) is 42.5 Å². The van der Waals surface area contributed by atoms with E-state index >= 15 is 0 Å². The van der Waals surface area contributed by atoms with Crippen molar-refractivity contribution in [3.8, 4) is 5.75 Å². The molecule has 0 spiro atoms. The molecule has 2 aromatic carbocycles. The molecule has 2 atom stereocenters. The minimum absolute atomic E-state index is 0.392. The van der Waals surface area contributed by atoms with Gasteiger partial charge < -0.3 is 10.5 Å².